The second kappa shape index (κ2) is 9.52. The van der Waals surface area contributed by atoms with Gasteiger partial charge >= 0.3 is 0 Å². The highest BCUT2D eigenvalue weighted by molar-refractivity contribution is 8.24. The third-order valence-electron chi connectivity index (χ3n) is 5.25. The second-order valence-corrected chi connectivity index (χ2v) is 10.0. The summed E-state index contributed by atoms with van der Waals surface area (Å²) in [4.78, 5) is 14.7. The van der Waals surface area contributed by atoms with Crippen molar-refractivity contribution < 1.29 is 4.79 Å². The van der Waals surface area contributed by atoms with Crippen molar-refractivity contribution in [2.24, 2.45) is 0 Å². The zero-order chi connectivity index (χ0) is 21.1. The number of amides is 1. The van der Waals surface area contributed by atoms with Crippen molar-refractivity contribution in [3.63, 3.8) is 0 Å². The molecular formula is C24H24N2OS3. The van der Waals surface area contributed by atoms with Crippen LogP contribution in [0, 0.1) is 0 Å². The van der Waals surface area contributed by atoms with Crippen LogP contribution in [0.5, 0.6) is 0 Å². The van der Waals surface area contributed by atoms with Gasteiger partial charge in [-0.3, -0.25) is 4.79 Å². The van der Waals surface area contributed by atoms with E-state index in [1.165, 1.54) is 22.5 Å². The number of hydrogen-bond acceptors (Lipinski definition) is 5. The van der Waals surface area contributed by atoms with E-state index in [-0.39, 0.29) is 16.4 Å². The van der Waals surface area contributed by atoms with Crippen molar-refractivity contribution >= 4 is 56.7 Å². The molecular weight excluding hydrogens is 428 g/mol. The molecule has 1 fully saturated rings. The van der Waals surface area contributed by atoms with Gasteiger partial charge in [0.25, 0.3) is 5.91 Å². The molecule has 6 heteroatoms. The fraction of sp³-hybridized carbons (Fsp3) is 0.250. The normalized spacial score (nSPS) is 17.8. The Morgan fingerprint density at radius 3 is 2.37 bits per heavy atom. The zero-order valence-corrected chi connectivity index (χ0v) is 19.5. The number of carbonyl (C=O) groups excluding carboxylic acids is 1. The van der Waals surface area contributed by atoms with Crippen LogP contribution in [-0.4, -0.2) is 38.6 Å². The molecule has 30 heavy (non-hydrogen) atoms. The quantitative estimate of drug-likeness (QED) is 0.316. The van der Waals surface area contributed by atoms with Crippen LogP contribution in [-0.2, 0) is 4.79 Å². The van der Waals surface area contributed by atoms with E-state index >= 15 is 0 Å². The molecule has 1 aliphatic heterocycles. The molecule has 3 nitrogen and oxygen atoms in total. The van der Waals surface area contributed by atoms with Gasteiger partial charge < -0.3 is 0 Å². The Bertz CT molecular complexity index is 1050. The van der Waals surface area contributed by atoms with Crippen molar-refractivity contribution in [1.29, 1.82) is 0 Å². The first-order chi connectivity index (χ1) is 14.6. The Kier molecular flexibility index (Phi) is 6.78. The average Bonchev–Trinajstić information content (AvgIpc) is 3.07. The maximum absolute atomic E-state index is 13.5. The van der Waals surface area contributed by atoms with E-state index in [1.807, 2.05) is 23.2 Å². The maximum Gasteiger partial charge on any atom is 0.257 e. The summed E-state index contributed by atoms with van der Waals surface area (Å²) in [7, 11) is 0. The van der Waals surface area contributed by atoms with Gasteiger partial charge in [0.15, 0.2) is 4.32 Å². The van der Waals surface area contributed by atoms with Gasteiger partial charge in [-0.2, -0.15) is 0 Å². The molecule has 4 rings (SSSR count). The summed E-state index contributed by atoms with van der Waals surface area (Å²) < 4.78 is 0.646. The molecule has 154 valence electrons. The van der Waals surface area contributed by atoms with Crippen molar-refractivity contribution in [2.45, 2.75) is 29.2 Å². The van der Waals surface area contributed by atoms with Crippen LogP contribution in [0.4, 0.5) is 0 Å². The van der Waals surface area contributed by atoms with E-state index < -0.39 is 0 Å². The number of hydrazine groups is 1. The molecule has 1 heterocycles. The summed E-state index contributed by atoms with van der Waals surface area (Å²) in [5, 5.41) is 5.83. The Morgan fingerprint density at radius 2 is 1.67 bits per heavy atom. The second-order valence-electron chi connectivity index (χ2n) is 7.05. The summed E-state index contributed by atoms with van der Waals surface area (Å²) in [5.41, 5.74) is 1.15. The highest BCUT2D eigenvalue weighted by Crippen LogP contribution is 2.47. The zero-order valence-electron chi connectivity index (χ0n) is 17.0. The lowest BCUT2D eigenvalue weighted by Crippen LogP contribution is -2.46. The third-order valence-corrected chi connectivity index (χ3v) is 8.33. The fourth-order valence-corrected chi connectivity index (χ4v) is 6.69. The molecule has 0 saturated carbocycles. The van der Waals surface area contributed by atoms with Crippen molar-refractivity contribution in [1.82, 2.24) is 10.0 Å². The van der Waals surface area contributed by atoms with Crippen molar-refractivity contribution in [3.8, 4) is 0 Å². The van der Waals surface area contributed by atoms with Crippen LogP contribution in [0.2, 0.25) is 0 Å². The molecule has 1 aliphatic rings. The molecule has 2 atom stereocenters. The van der Waals surface area contributed by atoms with Crippen molar-refractivity contribution in [3.05, 3.63) is 78.4 Å². The lowest BCUT2D eigenvalue weighted by atomic mass is 10.0. The minimum absolute atomic E-state index is 0.0342. The highest BCUT2D eigenvalue weighted by atomic mass is 32.2. The van der Waals surface area contributed by atoms with Crippen LogP contribution in [0.3, 0.4) is 0 Å². The molecule has 0 N–H and O–H groups in total. The molecule has 0 aliphatic carbocycles. The van der Waals surface area contributed by atoms with Crippen LogP contribution >= 0.6 is 35.7 Å². The molecule has 0 radical (unpaired) electrons. The lowest BCUT2D eigenvalue weighted by Gasteiger charge is -2.29. The first-order valence-electron chi connectivity index (χ1n) is 10.1. The monoisotopic (exact) mass is 452 g/mol. The van der Waals surface area contributed by atoms with E-state index in [2.05, 4.69) is 68.4 Å². The fourth-order valence-electron chi connectivity index (χ4n) is 3.71. The van der Waals surface area contributed by atoms with Gasteiger partial charge in [0.05, 0.1) is 5.25 Å². The van der Waals surface area contributed by atoms with Gasteiger partial charge in [0.1, 0.15) is 5.25 Å². The maximum atomic E-state index is 13.5. The number of thioether (sulfide) groups is 2. The number of benzene rings is 3. The molecule has 2 unspecified atom stereocenters. The van der Waals surface area contributed by atoms with Crippen LogP contribution in [0.25, 0.3) is 10.8 Å². The van der Waals surface area contributed by atoms with Gasteiger partial charge in [0.2, 0.25) is 0 Å². The Balaban J connectivity index is 1.73. The van der Waals surface area contributed by atoms with Crippen LogP contribution in [0.1, 0.15) is 24.7 Å². The van der Waals surface area contributed by atoms with Gasteiger partial charge in [-0.05, 0) is 34.5 Å². The molecule has 1 saturated heterocycles. The first-order valence-corrected chi connectivity index (χ1v) is 12.3. The summed E-state index contributed by atoms with van der Waals surface area (Å²) in [5.74, 6) is 0.0790. The molecule has 3 aromatic rings. The van der Waals surface area contributed by atoms with Crippen LogP contribution < -0.4 is 0 Å². The van der Waals surface area contributed by atoms with Gasteiger partial charge in [0, 0.05) is 18.0 Å². The SMILES string of the molecule is CCN(CC)N1C(=O)C(C(Sc2ccccc2)c2ccc3ccccc3c2)SC1=S. The Morgan fingerprint density at radius 1 is 1.00 bits per heavy atom. The lowest BCUT2D eigenvalue weighted by molar-refractivity contribution is -0.137. The molecule has 3 aromatic carbocycles. The standard InChI is InChI=1S/C24H24N2OS3/c1-3-25(4-2)26-23(27)22(30-24(26)28)21(29-20-12-6-5-7-13-20)19-15-14-17-10-8-9-11-18(17)16-19/h5-16,21-22H,3-4H2,1-2H3. The number of nitrogens with zero attached hydrogens (tertiary/aromatic N) is 2. The summed E-state index contributed by atoms with van der Waals surface area (Å²) in [6.45, 7) is 5.61. The number of hydrogen-bond donors (Lipinski definition) is 0. The van der Waals surface area contributed by atoms with Crippen molar-refractivity contribution in [2.75, 3.05) is 13.1 Å². The molecule has 0 aromatic heterocycles. The predicted molar refractivity (Wildman–Crippen MR) is 133 cm³/mol. The number of carbonyl (C=O) groups is 1. The van der Waals surface area contributed by atoms with Gasteiger partial charge in [-0.15, -0.1) is 11.8 Å². The Labute approximate surface area is 191 Å². The minimum Gasteiger partial charge on any atom is -0.272 e. The van der Waals surface area contributed by atoms with Gasteiger partial charge in [-0.1, -0.05) is 92.4 Å². The Hall–Kier alpha value is -1.86. The largest absolute Gasteiger partial charge is 0.272 e. The van der Waals surface area contributed by atoms with E-state index in [9.17, 15) is 4.79 Å². The van der Waals surface area contributed by atoms with Crippen LogP contribution in [0.15, 0.2) is 77.7 Å². The topological polar surface area (TPSA) is 23.6 Å². The molecule has 1 amide bonds. The summed E-state index contributed by atoms with van der Waals surface area (Å²) >= 11 is 8.88. The van der Waals surface area contributed by atoms with E-state index in [1.54, 1.807) is 16.8 Å². The number of rotatable bonds is 7. The number of thiocarbonyl (C=S) groups is 1. The third kappa shape index (κ3) is 4.28. The summed E-state index contributed by atoms with van der Waals surface area (Å²) in [6.07, 6.45) is 0. The molecule has 0 bridgehead atoms. The highest BCUT2D eigenvalue weighted by Gasteiger charge is 2.44. The first kappa shape index (κ1) is 21.4. The summed E-state index contributed by atoms with van der Waals surface area (Å²) in [6, 6.07) is 25.2. The smallest absolute Gasteiger partial charge is 0.257 e. The number of fused-ring (bicyclic) bond motifs is 1. The minimum atomic E-state index is -0.260. The average molecular weight is 453 g/mol. The van der Waals surface area contributed by atoms with Gasteiger partial charge in [-0.25, -0.2) is 10.0 Å². The van der Waals surface area contributed by atoms with E-state index in [4.69, 9.17) is 12.2 Å². The van der Waals surface area contributed by atoms with E-state index in [0.717, 1.165) is 23.5 Å². The van der Waals surface area contributed by atoms with E-state index in [0.29, 0.717) is 4.32 Å². The molecule has 0 spiro atoms. The predicted octanol–water partition coefficient (Wildman–Crippen LogP) is 6.16.